The van der Waals surface area contributed by atoms with Crippen LogP contribution in [0.3, 0.4) is 0 Å². The number of nitrogens with zero attached hydrogens (tertiary/aromatic N) is 3. The summed E-state index contributed by atoms with van der Waals surface area (Å²) in [7, 11) is 1.56. The third-order valence-electron chi connectivity index (χ3n) is 4.24. The largest absolute Gasteiger partial charge is 0.496 e. The predicted molar refractivity (Wildman–Crippen MR) is 99.0 cm³/mol. The minimum atomic E-state index is -0.796. The van der Waals surface area contributed by atoms with Crippen LogP contribution in [0, 0.1) is 17.2 Å². The second-order valence-corrected chi connectivity index (χ2v) is 7.62. The van der Waals surface area contributed by atoms with E-state index in [0.29, 0.717) is 27.3 Å². The Morgan fingerprint density at radius 2 is 2.35 bits per heavy atom. The molecule has 0 radical (unpaired) electrons. The van der Waals surface area contributed by atoms with Gasteiger partial charge in [0.15, 0.2) is 5.82 Å². The predicted octanol–water partition coefficient (Wildman–Crippen LogP) is 3.03. The van der Waals surface area contributed by atoms with Crippen molar-refractivity contribution in [2.45, 2.75) is 30.5 Å². The Bertz CT molecular complexity index is 861. The van der Waals surface area contributed by atoms with Crippen molar-refractivity contribution in [3.8, 4) is 23.2 Å². The zero-order chi connectivity index (χ0) is 18.7. The van der Waals surface area contributed by atoms with E-state index in [-0.39, 0.29) is 17.6 Å². The lowest BCUT2D eigenvalue weighted by Crippen LogP contribution is -2.47. The second kappa shape index (κ2) is 7.56. The molecule has 2 aromatic rings. The third-order valence-corrected chi connectivity index (χ3v) is 5.32. The molecule has 7 nitrogen and oxygen atoms in total. The maximum Gasteiger partial charge on any atom is 0.231 e. The Labute approximate surface area is 160 Å². The number of aromatic amines is 1. The number of hydrogen-bond donors (Lipinski definition) is 2. The van der Waals surface area contributed by atoms with Gasteiger partial charge in [0.05, 0.1) is 24.5 Å². The van der Waals surface area contributed by atoms with Crippen LogP contribution >= 0.6 is 23.4 Å². The summed E-state index contributed by atoms with van der Waals surface area (Å²) >= 11 is 7.23. The standard InChI is InChI=1S/C17H18ClN5O2S/c1-17(9-19,10-3-4-10)21-14(24)8-26-16-20-15(22-23-16)12-7-11(18)5-6-13(12)25-2/h5-7,10H,3-4,8H2,1-2H3,(H,21,24)(H,20,22,23)/t17-/m1/s1. The highest BCUT2D eigenvalue weighted by molar-refractivity contribution is 7.99. The van der Waals surface area contributed by atoms with Gasteiger partial charge in [-0.1, -0.05) is 23.4 Å². The SMILES string of the molecule is COc1ccc(Cl)cc1-c1nc(SCC(=O)N[C@](C)(C#N)C2CC2)n[nH]1. The number of carbonyl (C=O) groups excluding carboxylic acids is 1. The average molecular weight is 392 g/mol. The number of aromatic nitrogens is 3. The van der Waals surface area contributed by atoms with Gasteiger partial charge in [-0.3, -0.25) is 9.89 Å². The highest BCUT2D eigenvalue weighted by Gasteiger charge is 2.42. The number of nitrogens with one attached hydrogen (secondary N) is 2. The fourth-order valence-corrected chi connectivity index (χ4v) is 3.40. The lowest BCUT2D eigenvalue weighted by Gasteiger charge is -2.22. The first-order chi connectivity index (χ1) is 12.4. The number of carbonyl (C=O) groups is 1. The number of methoxy groups -OCH3 is 1. The summed E-state index contributed by atoms with van der Waals surface area (Å²) in [6, 6.07) is 7.42. The van der Waals surface area contributed by atoms with Crippen molar-refractivity contribution in [1.82, 2.24) is 20.5 Å². The van der Waals surface area contributed by atoms with Crippen LogP contribution in [0.2, 0.25) is 5.02 Å². The number of hydrogen-bond acceptors (Lipinski definition) is 6. The van der Waals surface area contributed by atoms with Crippen molar-refractivity contribution >= 4 is 29.3 Å². The van der Waals surface area contributed by atoms with Gasteiger partial charge in [0.25, 0.3) is 0 Å². The van der Waals surface area contributed by atoms with Gasteiger partial charge in [-0.2, -0.15) is 5.26 Å². The molecule has 0 bridgehead atoms. The number of rotatable bonds is 7. The Balaban J connectivity index is 1.63. The number of benzene rings is 1. The van der Waals surface area contributed by atoms with E-state index in [1.807, 2.05) is 0 Å². The topological polar surface area (TPSA) is 104 Å². The van der Waals surface area contributed by atoms with Gasteiger partial charge in [-0.05, 0) is 43.9 Å². The van der Waals surface area contributed by atoms with E-state index in [0.717, 1.165) is 12.8 Å². The van der Waals surface area contributed by atoms with Crippen molar-refractivity contribution in [3.05, 3.63) is 23.2 Å². The average Bonchev–Trinajstić information content (AvgIpc) is 3.39. The number of amides is 1. The molecule has 26 heavy (non-hydrogen) atoms. The van der Waals surface area contributed by atoms with Crippen LogP contribution in [0.4, 0.5) is 0 Å². The summed E-state index contributed by atoms with van der Waals surface area (Å²) in [5, 5.41) is 20.1. The molecule has 2 N–H and O–H groups in total. The molecule has 0 aliphatic heterocycles. The first-order valence-corrected chi connectivity index (χ1v) is 9.43. The Kier molecular flexibility index (Phi) is 5.39. The highest BCUT2D eigenvalue weighted by Crippen LogP contribution is 2.39. The van der Waals surface area contributed by atoms with Crippen molar-refractivity contribution in [3.63, 3.8) is 0 Å². The molecule has 1 atom stereocenters. The van der Waals surface area contributed by atoms with E-state index in [1.165, 1.54) is 11.8 Å². The number of thioether (sulfide) groups is 1. The second-order valence-electron chi connectivity index (χ2n) is 6.24. The molecule has 1 heterocycles. The lowest BCUT2D eigenvalue weighted by atomic mass is 9.98. The van der Waals surface area contributed by atoms with Crippen molar-refractivity contribution in [2.75, 3.05) is 12.9 Å². The monoisotopic (exact) mass is 391 g/mol. The van der Waals surface area contributed by atoms with Crippen LogP contribution in [0.5, 0.6) is 5.75 Å². The molecule has 3 rings (SSSR count). The number of ether oxygens (including phenoxy) is 1. The zero-order valence-corrected chi connectivity index (χ0v) is 15.9. The van der Waals surface area contributed by atoms with Gasteiger partial charge < -0.3 is 10.1 Å². The maximum atomic E-state index is 12.2. The molecule has 9 heteroatoms. The summed E-state index contributed by atoms with van der Waals surface area (Å²) in [5.74, 6) is 1.29. The van der Waals surface area contributed by atoms with Crippen LogP contribution < -0.4 is 10.1 Å². The Morgan fingerprint density at radius 1 is 1.58 bits per heavy atom. The molecule has 0 spiro atoms. The van der Waals surface area contributed by atoms with Gasteiger partial charge in [0.2, 0.25) is 11.1 Å². The van der Waals surface area contributed by atoms with E-state index in [4.69, 9.17) is 16.3 Å². The molecule has 1 aromatic heterocycles. The minimum absolute atomic E-state index is 0.133. The maximum absolute atomic E-state index is 12.2. The summed E-state index contributed by atoms with van der Waals surface area (Å²) < 4.78 is 5.31. The molecular formula is C17H18ClN5O2S. The summed E-state index contributed by atoms with van der Waals surface area (Å²) in [4.78, 5) is 16.5. The summed E-state index contributed by atoms with van der Waals surface area (Å²) in [5.41, 5.74) is -0.106. The number of nitriles is 1. The van der Waals surface area contributed by atoms with Gasteiger partial charge >= 0.3 is 0 Å². The molecule has 1 amide bonds. The molecule has 1 aliphatic rings. The molecule has 0 unspecified atom stereocenters. The quantitative estimate of drug-likeness (QED) is 0.703. The number of H-pyrrole nitrogens is 1. The Morgan fingerprint density at radius 3 is 3.00 bits per heavy atom. The third kappa shape index (κ3) is 4.11. The van der Waals surface area contributed by atoms with Gasteiger partial charge in [0.1, 0.15) is 11.3 Å². The van der Waals surface area contributed by atoms with Crippen LogP contribution in [-0.4, -0.2) is 39.5 Å². The zero-order valence-electron chi connectivity index (χ0n) is 14.4. The molecule has 1 fully saturated rings. The van der Waals surface area contributed by atoms with Gasteiger partial charge in [0, 0.05) is 5.02 Å². The molecule has 1 aromatic carbocycles. The Hall–Kier alpha value is -2.24. The number of halogens is 1. The lowest BCUT2D eigenvalue weighted by molar-refractivity contribution is -0.119. The van der Waals surface area contributed by atoms with E-state index in [1.54, 1.807) is 32.2 Å². The van der Waals surface area contributed by atoms with E-state index >= 15 is 0 Å². The van der Waals surface area contributed by atoms with E-state index < -0.39 is 5.54 Å². The molecular weight excluding hydrogens is 374 g/mol. The van der Waals surface area contributed by atoms with Gasteiger partial charge in [-0.25, -0.2) is 4.98 Å². The van der Waals surface area contributed by atoms with Crippen molar-refractivity contribution < 1.29 is 9.53 Å². The summed E-state index contributed by atoms with van der Waals surface area (Å²) in [6.45, 7) is 1.77. The fourth-order valence-electron chi connectivity index (χ4n) is 2.63. The minimum Gasteiger partial charge on any atom is -0.496 e. The smallest absolute Gasteiger partial charge is 0.231 e. The summed E-state index contributed by atoms with van der Waals surface area (Å²) in [6.07, 6.45) is 1.95. The fraction of sp³-hybridized carbons (Fsp3) is 0.412. The van der Waals surface area contributed by atoms with Crippen LogP contribution in [0.15, 0.2) is 23.4 Å². The van der Waals surface area contributed by atoms with Crippen LogP contribution in [0.1, 0.15) is 19.8 Å². The van der Waals surface area contributed by atoms with E-state index in [2.05, 4.69) is 26.6 Å². The first-order valence-electron chi connectivity index (χ1n) is 8.06. The van der Waals surface area contributed by atoms with Crippen molar-refractivity contribution in [1.29, 1.82) is 5.26 Å². The molecule has 136 valence electrons. The molecule has 1 saturated carbocycles. The highest BCUT2D eigenvalue weighted by atomic mass is 35.5. The van der Waals surface area contributed by atoms with Crippen molar-refractivity contribution in [2.24, 2.45) is 5.92 Å². The normalized spacial score (nSPS) is 15.8. The molecule has 1 aliphatic carbocycles. The first kappa shape index (κ1) is 18.5. The van der Waals surface area contributed by atoms with Crippen LogP contribution in [-0.2, 0) is 4.79 Å². The van der Waals surface area contributed by atoms with Gasteiger partial charge in [-0.15, -0.1) is 5.10 Å². The molecule has 0 saturated heterocycles. The van der Waals surface area contributed by atoms with E-state index in [9.17, 15) is 10.1 Å². The van der Waals surface area contributed by atoms with Crippen LogP contribution in [0.25, 0.3) is 11.4 Å².